The average Bonchev–Trinajstić information content (AvgIpc) is 2.65. The highest BCUT2D eigenvalue weighted by atomic mass is 32.2. The third-order valence-corrected chi connectivity index (χ3v) is 6.58. The van der Waals surface area contributed by atoms with E-state index >= 15 is 0 Å². The Hall–Kier alpha value is -2.32. The van der Waals surface area contributed by atoms with Crippen LogP contribution in [0.3, 0.4) is 0 Å². The van der Waals surface area contributed by atoms with Crippen molar-refractivity contribution in [3.05, 3.63) is 59.7 Å². The zero-order valence-corrected chi connectivity index (χ0v) is 15.6. The molecule has 2 aromatic carbocycles. The van der Waals surface area contributed by atoms with Gasteiger partial charge in [-0.1, -0.05) is 17.7 Å². The minimum atomic E-state index is -3.61. The number of benzene rings is 2. The third kappa shape index (κ3) is 4.33. The number of nitrogens with one attached hydrogen (secondary N) is 1. The second-order valence-electron chi connectivity index (χ2n) is 6.60. The minimum Gasteiger partial charge on any atom is -0.323 e. The standard InChI is InChI=1S/C19H20F2N2O3S/c1-13-2-5-16(6-3-13)27(25,26)23-10-8-14(9-11-23)19(24)22-18-12-15(20)4-7-17(18)21/h2-7,12,14H,8-11H2,1H3,(H,22,24). The number of halogens is 2. The molecule has 0 aromatic heterocycles. The van der Waals surface area contributed by atoms with Crippen molar-refractivity contribution >= 4 is 21.6 Å². The van der Waals surface area contributed by atoms with E-state index in [9.17, 15) is 22.0 Å². The van der Waals surface area contributed by atoms with Gasteiger partial charge in [0, 0.05) is 25.1 Å². The molecule has 0 spiro atoms. The van der Waals surface area contributed by atoms with E-state index in [0.29, 0.717) is 12.8 Å². The summed E-state index contributed by atoms with van der Waals surface area (Å²) in [5.74, 6) is -2.26. The lowest BCUT2D eigenvalue weighted by Crippen LogP contribution is -2.41. The van der Waals surface area contributed by atoms with Gasteiger partial charge in [0.05, 0.1) is 10.6 Å². The average molecular weight is 394 g/mol. The fraction of sp³-hybridized carbons (Fsp3) is 0.316. The van der Waals surface area contributed by atoms with Crippen LogP contribution in [-0.4, -0.2) is 31.7 Å². The van der Waals surface area contributed by atoms with Crippen molar-refractivity contribution in [1.82, 2.24) is 4.31 Å². The number of sulfonamides is 1. The van der Waals surface area contributed by atoms with Gasteiger partial charge in [0.25, 0.3) is 0 Å². The van der Waals surface area contributed by atoms with E-state index in [2.05, 4.69) is 5.32 Å². The molecule has 0 unspecified atom stereocenters. The van der Waals surface area contributed by atoms with E-state index in [-0.39, 0.29) is 23.7 Å². The Morgan fingerprint density at radius 1 is 1.07 bits per heavy atom. The van der Waals surface area contributed by atoms with E-state index < -0.39 is 33.5 Å². The summed E-state index contributed by atoms with van der Waals surface area (Å²) in [6.07, 6.45) is 0.627. The summed E-state index contributed by atoms with van der Waals surface area (Å²) in [5.41, 5.74) is 0.753. The second kappa shape index (κ2) is 7.74. The van der Waals surface area contributed by atoms with E-state index in [1.54, 1.807) is 24.3 Å². The first-order valence-corrected chi connectivity index (χ1v) is 10.0. The summed E-state index contributed by atoms with van der Waals surface area (Å²) in [6.45, 7) is 2.27. The molecule has 2 aromatic rings. The normalized spacial score (nSPS) is 16.3. The number of piperidine rings is 1. The molecule has 1 saturated heterocycles. The van der Waals surface area contributed by atoms with Crippen molar-refractivity contribution in [2.45, 2.75) is 24.7 Å². The molecule has 1 amide bonds. The lowest BCUT2D eigenvalue weighted by molar-refractivity contribution is -0.120. The van der Waals surface area contributed by atoms with Crippen LogP contribution in [0.2, 0.25) is 0 Å². The predicted molar refractivity (Wildman–Crippen MR) is 97.6 cm³/mol. The molecule has 0 saturated carbocycles. The number of rotatable bonds is 4. The molecule has 3 rings (SSSR count). The Morgan fingerprint density at radius 3 is 2.33 bits per heavy atom. The lowest BCUT2D eigenvalue weighted by Gasteiger charge is -2.30. The van der Waals surface area contributed by atoms with Gasteiger partial charge >= 0.3 is 0 Å². The summed E-state index contributed by atoms with van der Waals surface area (Å²) in [5, 5.41) is 2.39. The van der Waals surface area contributed by atoms with Gasteiger partial charge in [0.2, 0.25) is 15.9 Å². The van der Waals surface area contributed by atoms with Crippen molar-refractivity contribution in [1.29, 1.82) is 0 Å². The number of carbonyl (C=O) groups excluding carboxylic acids is 1. The largest absolute Gasteiger partial charge is 0.323 e. The molecule has 0 atom stereocenters. The summed E-state index contributed by atoms with van der Waals surface area (Å²) in [6, 6.07) is 9.44. The second-order valence-corrected chi connectivity index (χ2v) is 8.54. The molecular formula is C19H20F2N2O3S. The molecular weight excluding hydrogens is 374 g/mol. The number of aryl methyl sites for hydroxylation is 1. The van der Waals surface area contributed by atoms with Gasteiger partial charge in [0.15, 0.2) is 0 Å². The van der Waals surface area contributed by atoms with Gasteiger partial charge in [-0.2, -0.15) is 4.31 Å². The molecule has 0 radical (unpaired) electrons. The number of carbonyl (C=O) groups is 1. The summed E-state index contributed by atoms with van der Waals surface area (Å²) in [4.78, 5) is 12.5. The number of amides is 1. The predicted octanol–water partition coefficient (Wildman–Crippen LogP) is 3.31. The maximum absolute atomic E-state index is 13.7. The Bertz CT molecular complexity index is 938. The fourth-order valence-electron chi connectivity index (χ4n) is 3.05. The first-order chi connectivity index (χ1) is 12.8. The first kappa shape index (κ1) is 19.4. The molecule has 8 heteroatoms. The van der Waals surface area contributed by atoms with Crippen molar-refractivity contribution in [3.63, 3.8) is 0 Å². The van der Waals surface area contributed by atoms with Crippen LogP contribution in [0.1, 0.15) is 18.4 Å². The summed E-state index contributed by atoms with van der Waals surface area (Å²) >= 11 is 0. The maximum Gasteiger partial charge on any atom is 0.243 e. The first-order valence-electron chi connectivity index (χ1n) is 8.60. The van der Waals surface area contributed by atoms with Crippen LogP contribution in [0, 0.1) is 24.5 Å². The van der Waals surface area contributed by atoms with E-state index in [4.69, 9.17) is 0 Å². The van der Waals surface area contributed by atoms with Crippen LogP contribution < -0.4 is 5.32 Å². The van der Waals surface area contributed by atoms with Crippen LogP contribution in [0.4, 0.5) is 14.5 Å². The minimum absolute atomic E-state index is 0.194. The molecule has 0 bridgehead atoms. The highest BCUT2D eigenvalue weighted by Gasteiger charge is 2.32. The number of hydrogen-bond acceptors (Lipinski definition) is 3. The summed E-state index contributed by atoms with van der Waals surface area (Å²) in [7, 11) is -3.61. The van der Waals surface area contributed by atoms with E-state index in [1.807, 2.05) is 6.92 Å². The number of anilines is 1. The van der Waals surface area contributed by atoms with Gasteiger partial charge < -0.3 is 5.32 Å². The Kier molecular flexibility index (Phi) is 5.57. The summed E-state index contributed by atoms with van der Waals surface area (Å²) < 4.78 is 53.6. The third-order valence-electron chi connectivity index (χ3n) is 4.67. The molecule has 1 heterocycles. The van der Waals surface area contributed by atoms with Crippen LogP contribution in [0.5, 0.6) is 0 Å². The van der Waals surface area contributed by atoms with Crippen LogP contribution >= 0.6 is 0 Å². The van der Waals surface area contributed by atoms with E-state index in [0.717, 1.165) is 23.8 Å². The van der Waals surface area contributed by atoms with Crippen LogP contribution in [0.25, 0.3) is 0 Å². The zero-order valence-electron chi connectivity index (χ0n) is 14.8. The highest BCUT2D eigenvalue weighted by molar-refractivity contribution is 7.89. The highest BCUT2D eigenvalue weighted by Crippen LogP contribution is 2.25. The number of nitrogens with zero attached hydrogens (tertiary/aromatic N) is 1. The molecule has 1 fully saturated rings. The molecule has 1 aliphatic heterocycles. The number of hydrogen-bond donors (Lipinski definition) is 1. The van der Waals surface area contributed by atoms with Crippen molar-refractivity contribution < 1.29 is 22.0 Å². The maximum atomic E-state index is 13.7. The monoisotopic (exact) mass is 394 g/mol. The van der Waals surface area contributed by atoms with Gasteiger partial charge in [-0.25, -0.2) is 17.2 Å². The van der Waals surface area contributed by atoms with Crippen LogP contribution in [0.15, 0.2) is 47.4 Å². The molecule has 1 N–H and O–H groups in total. The molecule has 0 aliphatic carbocycles. The van der Waals surface area contributed by atoms with Gasteiger partial charge in [-0.05, 0) is 44.0 Å². The van der Waals surface area contributed by atoms with Crippen molar-refractivity contribution in [2.24, 2.45) is 5.92 Å². The molecule has 1 aliphatic rings. The van der Waals surface area contributed by atoms with Gasteiger partial charge in [0.1, 0.15) is 11.6 Å². The fourth-order valence-corrected chi connectivity index (χ4v) is 4.52. The quantitative estimate of drug-likeness (QED) is 0.865. The van der Waals surface area contributed by atoms with Crippen LogP contribution in [-0.2, 0) is 14.8 Å². The Labute approximate surface area is 157 Å². The van der Waals surface area contributed by atoms with Gasteiger partial charge in [-0.3, -0.25) is 4.79 Å². The Balaban J connectivity index is 1.63. The molecule has 5 nitrogen and oxygen atoms in total. The Morgan fingerprint density at radius 2 is 1.70 bits per heavy atom. The van der Waals surface area contributed by atoms with Gasteiger partial charge in [-0.15, -0.1) is 0 Å². The lowest BCUT2D eigenvalue weighted by atomic mass is 9.97. The van der Waals surface area contributed by atoms with Crippen molar-refractivity contribution in [2.75, 3.05) is 18.4 Å². The smallest absolute Gasteiger partial charge is 0.243 e. The molecule has 27 heavy (non-hydrogen) atoms. The van der Waals surface area contributed by atoms with E-state index in [1.165, 1.54) is 4.31 Å². The van der Waals surface area contributed by atoms with Crippen molar-refractivity contribution in [3.8, 4) is 0 Å². The zero-order chi connectivity index (χ0) is 19.6. The SMILES string of the molecule is Cc1ccc(S(=O)(=O)N2CCC(C(=O)Nc3cc(F)ccc3F)CC2)cc1. The topological polar surface area (TPSA) is 66.5 Å². The molecule has 144 valence electrons.